The van der Waals surface area contributed by atoms with Crippen LogP contribution in [0.15, 0.2) is 48.8 Å². The minimum atomic E-state index is -2.20. The van der Waals surface area contributed by atoms with Crippen LogP contribution in [0, 0.1) is 0 Å². The predicted molar refractivity (Wildman–Crippen MR) is 138 cm³/mol. The highest BCUT2D eigenvalue weighted by molar-refractivity contribution is 7.97. The zero-order chi connectivity index (χ0) is 23.9. The summed E-state index contributed by atoms with van der Waals surface area (Å²) in [6, 6.07) is 11.4. The number of nitrogens with one attached hydrogen (secondary N) is 1. The molecule has 0 bridgehead atoms. The lowest BCUT2D eigenvalue weighted by atomic mass is 10.1. The van der Waals surface area contributed by atoms with E-state index in [1.807, 2.05) is 47.6 Å². The first-order chi connectivity index (χ1) is 16.3. The van der Waals surface area contributed by atoms with Crippen LogP contribution in [0.3, 0.4) is 0 Å². The van der Waals surface area contributed by atoms with Crippen LogP contribution in [-0.2, 0) is 9.71 Å². The molecule has 4 aromatic rings. The summed E-state index contributed by atoms with van der Waals surface area (Å²) in [4.78, 5) is 9.21. The van der Waals surface area contributed by atoms with Crippen LogP contribution < -0.4 is 10.1 Å². The molecule has 178 valence electrons. The van der Waals surface area contributed by atoms with E-state index in [2.05, 4.69) is 21.3 Å². The van der Waals surface area contributed by atoms with Crippen molar-refractivity contribution in [3.8, 4) is 5.88 Å². The second-order valence-electron chi connectivity index (χ2n) is 8.69. The second-order valence-corrected chi connectivity index (χ2v) is 11.5. The summed E-state index contributed by atoms with van der Waals surface area (Å²) in [5.74, 6) is 5.15. The molecule has 10 heteroatoms. The normalized spacial score (nSPS) is 18.1. The minimum absolute atomic E-state index is 0.0348. The molecule has 3 aromatic heterocycles. The van der Waals surface area contributed by atoms with Gasteiger partial charge in [-0.3, -0.25) is 4.21 Å². The van der Waals surface area contributed by atoms with E-state index in [1.165, 1.54) is 0 Å². The third-order valence-electron chi connectivity index (χ3n) is 6.12. The highest BCUT2D eigenvalue weighted by Gasteiger charge is 2.25. The number of ether oxygens (including phenoxy) is 1. The molecular weight excluding hydrogens is 472 g/mol. The molecule has 1 aliphatic rings. The molecular formula is C24H27ClN6O2S. The van der Waals surface area contributed by atoms with E-state index >= 15 is 0 Å². The van der Waals surface area contributed by atoms with Crippen LogP contribution in [0.1, 0.15) is 31.5 Å². The van der Waals surface area contributed by atoms with E-state index in [-0.39, 0.29) is 12.1 Å². The van der Waals surface area contributed by atoms with Gasteiger partial charge >= 0.3 is 0 Å². The van der Waals surface area contributed by atoms with Gasteiger partial charge in [-0.15, -0.1) is 0 Å². The molecule has 1 unspecified atom stereocenters. The SMILES string of the molecule is C=S(C)(=O)N1CCC(Oc2nc([C@H](C)Nc3ccnc4ccnn34)cc3cccc(Cl)c23)CC1. The predicted octanol–water partition coefficient (Wildman–Crippen LogP) is 4.21. The van der Waals surface area contributed by atoms with Gasteiger partial charge in [0.05, 0.1) is 28.3 Å². The quantitative estimate of drug-likeness (QED) is 0.401. The fraction of sp³-hybridized carbons (Fsp3) is 0.333. The van der Waals surface area contributed by atoms with E-state index in [9.17, 15) is 4.21 Å². The lowest BCUT2D eigenvalue weighted by molar-refractivity contribution is 0.133. The molecule has 1 N–H and O–H groups in total. The molecule has 0 aliphatic carbocycles. The maximum atomic E-state index is 12.3. The van der Waals surface area contributed by atoms with Crippen molar-refractivity contribution in [1.82, 2.24) is 23.9 Å². The molecule has 1 aromatic carbocycles. The van der Waals surface area contributed by atoms with Crippen molar-refractivity contribution in [2.45, 2.75) is 31.9 Å². The molecule has 0 amide bonds. The van der Waals surface area contributed by atoms with Crippen LogP contribution in [0.25, 0.3) is 16.4 Å². The van der Waals surface area contributed by atoms with Gasteiger partial charge in [0.25, 0.3) is 0 Å². The topological polar surface area (TPSA) is 84.7 Å². The number of rotatable bonds is 6. The first-order valence-electron chi connectivity index (χ1n) is 11.2. The molecule has 1 fully saturated rings. The fourth-order valence-electron chi connectivity index (χ4n) is 4.29. The molecule has 5 rings (SSSR count). The Labute approximate surface area is 204 Å². The van der Waals surface area contributed by atoms with Crippen molar-refractivity contribution in [3.63, 3.8) is 0 Å². The van der Waals surface area contributed by atoms with Gasteiger partial charge in [0.2, 0.25) is 5.88 Å². The molecule has 0 spiro atoms. The molecule has 4 heterocycles. The van der Waals surface area contributed by atoms with E-state index in [4.69, 9.17) is 21.3 Å². The highest BCUT2D eigenvalue weighted by atomic mass is 35.5. The maximum Gasteiger partial charge on any atom is 0.223 e. The number of hydrogen-bond acceptors (Lipinski definition) is 6. The van der Waals surface area contributed by atoms with Gasteiger partial charge in [-0.25, -0.2) is 14.3 Å². The summed E-state index contributed by atoms with van der Waals surface area (Å²) < 4.78 is 22.4. The molecule has 8 nitrogen and oxygen atoms in total. The average molecular weight is 499 g/mol. The van der Waals surface area contributed by atoms with Crippen molar-refractivity contribution in [2.75, 3.05) is 24.7 Å². The smallest absolute Gasteiger partial charge is 0.223 e. The van der Waals surface area contributed by atoms with Gasteiger partial charge < -0.3 is 10.1 Å². The van der Waals surface area contributed by atoms with Gasteiger partial charge in [0.15, 0.2) is 5.65 Å². The molecule has 0 radical (unpaired) electrons. The van der Waals surface area contributed by atoms with Gasteiger partial charge in [0.1, 0.15) is 11.9 Å². The number of hydrogen-bond donors (Lipinski definition) is 1. The molecule has 1 aliphatic heterocycles. The van der Waals surface area contributed by atoms with Crippen LogP contribution in [0.5, 0.6) is 5.88 Å². The van der Waals surface area contributed by atoms with Crippen molar-refractivity contribution in [1.29, 1.82) is 0 Å². The van der Waals surface area contributed by atoms with E-state index < -0.39 is 9.71 Å². The Kier molecular flexibility index (Phi) is 6.09. The summed E-state index contributed by atoms with van der Waals surface area (Å²) >= 11 is 6.57. The number of benzene rings is 1. The van der Waals surface area contributed by atoms with Crippen molar-refractivity contribution in [2.24, 2.45) is 0 Å². The van der Waals surface area contributed by atoms with Crippen molar-refractivity contribution in [3.05, 3.63) is 59.5 Å². The second kappa shape index (κ2) is 9.05. The van der Waals surface area contributed by atoms with E-state index in [0.29, 0.717) is 24.0 Å². The Morgan fingerprint density at radius 1 is 1.24 bits per heavy atom. The maximum absolute atomic E-state index is 12.3. The summed E-state index contributed by atoms with van der Waals surface area (Å²) in [7, 11) is -2.20. The number of fused-ring (bicyclic) bond motifs is 2. The van der Waals surface area contributed by atoms with Crippen LogP contribution in [0.4, 0.5) is 5.82 Å². The zero-order valence-corrected chi connectivity index (χ0v) is 20.7. The van der Waals surface area contributed by atoms with Gasteiger partial charge in [-0.2, -0.15) is 9.61 Å². The van der Waals surface area contributed by atoms with E-state index in [0.717, 1.165) is 40.8 Å². The first-order valence-corrected chi connectivity index (χ1v) is 13.6. The lowest BCUT2D eigenvalue weighted by Gasteiger charge is -2.32. The number of aromatic nitrogens is 4. The molecule has 2 atom stereocenters. The van der Waals surface area contributed by atoms with Crippen LogP contribution in [0.2, 0.25) is 5.02 Å². The number of pyridine rings is 1. The minimum Gasteiger partial charge on any atom is -0.474 e. The van der Waals surface area contributed by atoms with Gasteiger partial charge in [-0.05, 0) is 49.2 Å². The number of piperidine rings is 1. The molecule has 1 saturated heterocycles. The largest absolute Gasteiger partial charge is 0.474 e. The molecule has 0 saturated carbocycles. The van der Waals surface area contributed by atoms with Crippen LogP contribution >= 0.6 is 11.6 Å². The Morgan fingerprint density at radius 3 is 2.79 bits per heavy atom. The number of anilines is 1. The Balaban J connectivity index is 1.44. The lowest BCUT2D eigenvalue weighted by Crippen LogP contribution is -2.41. The standard InChI is InChI=1S/C24H27ClN6O2S/c1-16(28-22-7-11-26-21-8-12-27-31(21)22)20-15-17-5-4-6-19(25)23(17)24(29-20)33-18-9-13-30(14-10-18)34(2,3)32/h4-8,11-12,15-16,18,28H,2,9-10,13-14H2,1,3H3/t16-,34?/m0/s1. The third kappa shape index (κ3) is 4.55. The first kappa shape index (κ1) is 22.9. The summed E-state index contributed by atoms with van der Waals surface area (Å²) in [6.07, 6.45) is 6.62. The Morgan fingerprint density at radius 2 is 2.03 bits per heavy atom. The Bertz CT molecular complexity index is 1450. The zero-order valence-electron chi connectivity index (χ0n) is 19.1. The highest BCUT2D eigenvalue weighted by Crippen LogP contribution is 2.35. The molecule has 34 heavy (non-hydrogen) atoms. The fourth-order valence-corrected chi connectivity index (χ4v) is 5.54. The summed E-state index contributed by atoms with van der Waals surface area (Å²) in [5.41, 5.74) is 1.60. The summed E-state index contributed by atoms with van der Waals surface area (Å²) in [5, 5.41) is 10.2. The van der Waals surface area contributed by atoms with Gasteiger partial charge in [-0.1, -0.05) is 23.7 Å². The Hall–Kier alpha value is -2.88. The third-order valence-corrected chi connectivity index (χ3v) is 7.89. The van der Waals surface area contributed by atoms with Gasteiger partial charge in [0, 0.05) is 41.3 Å². The monoisotopic (exact) mass is 498 g/mol. The van der Waals surface area contributed by atoms with Crippen molar-refractivity contribution < 1.29 is 8.95 Å². The summed E-state index contributed by atoms with van der Waals surface area (Å²) in [6.45, 7) is 3.40. The van der Waals surface area contributed by atoms with Crippen LogP contribution in [-0.4, -0.2) is 59.4 Å². The number of nitrogens with zero attached hydrogens (tertiary/aromatic N) is 5. The average Bonchev–Trinajstić information content (AvgIpc) is 3.29. The van der Waals surface area contributed by atoms with Crippen molar-refractivity contribution >= 4 is 49.4 Å². The number of halogens is 1. The van der Waals surface area contributed by atoms with E-state index in [1.54, 1.807) is 23.2 Å².